The number of phenols is 1. The van der Waals surface area contributed by atoms with Crippen LogP contribution in [0.2, 0.25) is 0 Å². The van der Waals surface area contributed by atoms with Crippen molar-refractivity contribution < 1.29 is 22.7 Å². The van der Waals surface area contributed by atoms with E-state index in [4.69, 9.17) is 4.42 Å². The molecule has 0 atom stereocenters. The fourth-order valence-electron chi connectivity index (χ4n) is 2.34. The fourth-order valence-corrected chi connectivity index (χ4v) is 3.71. The number of nitrogens with one attached hydrogen (secondary N) is 1. The second-order valence-electron chi connectivity index (χ2n) is 5.35. The monoisotopic (exact) mass is 357 g/mol. The molecule has 0 aliphatic carbocycles. The number of aromatic hydroxyl groups is 1. The highest BCUT2D eigenvalue weighted by Crippen LogP contribution is 2.22. The van der Waals surface area contributed by atoms with Gasteiger partial charge in [0.15, 0.2) is 15.6 Å². The molecule has 0 aliphatic rings. The van der Waals surface area contributed by atoms with Gasteiger partial charge in [0.25, 0.3) is 5.91 Å². The lowest BCUT2D eigenvalue weighted by molar-refractivity contribution is 0.0996. The first-order valence-electron chi connectivity index (χ1n) is 7.40. The summed E-state index contributed by atoms with van der Waals surface area (Å²) in [6.45, 7) is 0. The van der Waals surface area contributed by atoms with E-state index < -0.39 is 15.7 Å². The zero-order valence-electron chi connectivity index (χ0n) is 13.0. The van der Waals surface area contributed by atoms with Gasteiger partial charge >= 0.3 is 0 Å². The quantitative estimate of drug-likeness (QED) is 0.731. The number of rotatable bonds is 5. The van der Waals surface area contributed by atoms with Crippen LogP contribution in [-0.4, -0.2) is 19.4 Å². The van der Waals surface area contributed by atoms with Gasteiger partial charge in [-0.15, -0.1) is 0 Å². The Bertz CT molecular complexity index is 993. The first kappa shape index (κ1) is 16.8. The molecule has 25 heavy (non-hydrogen) atoms. The Labute approximate surface area is 144 Å². The maximum atomic E-state index is 12.5. The van der Waals surface area contributed by atoms with Crippen LogP contribution in [0.5, 0.6) is 5.75 Å². The van der Waals surface area contributed by atoms with Crippen molar-refractivity contribution >= 4 is 21.4 Å². The minimum Gasteiger partial charge on any atom is -0.508 e. The number of hydrogen-bond donors (Lipinski definition) is 2. The largest absolute Gasteiger partial charge is 0.508 e. The van der Waals surface area contributed by atoms with E-state index in [2.05, 4.69) is 5.32 Å². The summed E-state index contributed by atoms with van der Waals surface area (Å²) in [5.74, 6) is -1.02. The van der Waals surface area contributed by atoms with Gasteiger partial charge in [0, 0.05) is 17.3 Å². The van der Waals surface area contributed by atoms with Crippen LogP contribution in [0, 0.1) is 0 Å². The molecular weight excluding hydrogens is 342 g/mol. The van der Waals surface area contributed by atoms with Gasteiger partial charge in [0.05, 0.1) is 16.9 Å². The molecule has 0 unspecified atom stereocenters. The van der Waals surface area contributed by atoms with Crippen molar-refractivity contribution in [2.24, 2.45) is 0 Å². The van der Waals surface area contributed by atoms with Gasteiger partial charge in [-0.3, -0.25) is 4.79 Å². The Morgan fingerprint density at radius 3 is 2.52 bits per heavy atom. The smallest absolute Gasteiger partial charge is 0.291 e. The maximum absolute atomic E-state index is 12.5. The number of sulfone groups is 1. The fraction of sp³-hybridized carbons (Fsp3) is 0.0556. The summed E-state index contributed by atoms with van der Waals surface area (Å²) in [6, 6.07) is 15.5. The van der Waals surface area contributed by atoms with Gasteiger partial charge in [0.2, 0.25) is 0 Å². The molecule has 3 rings (SSSR count). The van der Waals surface area contributed by atoms with Gasteiger partial charge in [-0.2, -0.15) is 0 Å². The SMILES string of the molecule is O=C(Nc1cccc(O)c1)c1occc1CS(=O)(=O)c1ccccc1. The second kappa shape index (κ2) is 6.82. The zero-order valence-corrected chi connectivity index (χ0v) is 13.9. The molecule has 0 spiro atoms. The third kappa shape index (κ3) is 3.89. The summed E-state index contributed by atoms with van der Waals surface area (Å²) >= 11 is 0. The van der Waals surface area contributed by atoms with Gasteiger partial charge in [-0.05, 0) is 30.3 Å². The average Bonchev–Trinajstić information content (AvgIpc) is 3.03. The molecule has 2 aromatic carbocycles. The van der Waals surface area contributed by atoms with Crippen molar-refractivity contribution in [3.8, 4) is 5.75 Å². The van der Waals surface area contributed by atoms with Crippen LogP contribution >= 0.6 is 0 Å². The molecule has 0 radical (unpaired) electrons. The third-order valence-corrected chi connectivity index (χ3v) is 5.19. The molecule has 0 fully saturated rings. The second-order valence-corrected chi connectivity index (χ2v) is 7.34. The van der Waals surface area contributed by atoms with Crippen LogP contribution < -0.4 is 5.32 Å². The summed E-state index contributed by atoms with van der Waals surface area (Å²) in [5.41, 5.74) is 0.639. The van der Waals surface area contributed by atoms with Gasteiger partial charge in [-0.25, -0.2) is 8.42 Å². The van der Waals surface area contributed by atoms with Crippen molar-refractivity contribution in [1.29, 1.82) is 0 Å². The number of carbonyl (C=O) groups is 1. The highest BCUT2D eigenvalue weighted by Gasteiger charge is 2.22. The van der Waals surface area contributed by atoms with Crippen LogP contribution in [0.1, 0.15) is 16.1 Å². The van der Waals surface area contributed by atoms with Crippen molar-refractivity contribution in [2.45, 2.75) is 10.6 Å². The minimum absolute atomic E-state index is 0.00382. The molecule has 1 heterocycles. The maximum Gasteiger partial charge on any atom is 0.291 e. The number of carbonyl (C=O) groups excluding carboxylic acids is 1. The summed E-state index contributed by atoms with van der Waals surface area (Å²) in [5, 5.41) is 12.0. The molecule has 128 valence electrons. The molecule has 1 aromatic heterocycles. The normalized spacial score (nSPS) is 11.2. The Morgan fingerprint density at radius 1 is 1.04 bits per heavy atom. The first-order chi connectivity index (χ1) is 12.0. The standard InChI is InChI=1S/C18H15NO5S/c20-15-6-4-5-14(11-15)19-18(21)17-13(9-10-24-17)12-25(22,23)16-7-2-1-3-8-16/h1-11,20H,12H2,(H,19,21). The predicted octanol–water partition coefficient (Wildman–Crippen LogP) is 3.21. The molecule has 0 aliphatic heterocycles. The number of hydrogen-bond acceptors (Lipinski definition) is 5. The van der Waals surface area contributed by atoms with Crippen molar-refractivity contribution in [2.75, 3.05) is 5.32 Å². The van der Waals surface area contributed by atoms with E-state index in [9.17, 15) is 18.3 Å². The minimum atomic E-state index is -3.60. The van der Waals surface area contributed by atoms with E-state index >= 15 is 0 Å². The number of benzene rings is 2. The van der Waals surface area contributed by atoms with Crippen LogP contribution in [-0.2, 0) is 15.6 Å². The number of anilines is 1. The Morgan fingerprint density at radius 2 is 1.80 bits per heavy atom. The van der Waals surface area contributed by atoms with Crippen LogP contribution in [0.25, 0.3) is 0 Å². The lowest BCUT2D eigenvalue weighted by Gasteiger charge is -2.07. The van der Waals surface area contributed by atoms with Crippen molar-refractivity contribution in [3.05, 3.63) is 78.3 Å². The molecule has 6 nitrogen and oxygen atoms in total. The van der Waals surface area contributed by atoms with E-state index in [-0.39, 0.29) is 27.7 Å². The number of furan rings is 1. The molecule has 2 N–H and O–H groups in total. The lowest BCUT2D eigenvalue weighted by atomic mass is 10.2. The van der Waals surface area contributed by atoms with Gasteiger partial charge in [0.1, 0.15) is 5.75 Å². The van der Waals surface area contributed by atoms with Crippen LogP contribution in [0.4, 0.5) is 5.69 Å². The molecule has 0 saturated carbocycles. The van der Waals surface area contributed by atoms with E-state index in [0.29, 0.717) is 5.69 Å². The summed E-state index contributed by atoms with van der Waals surface area (Å²) < 4.78 is 30.1. The Hall–Kier alpha value is -3.06. The molecule has 0 bridgehead atoms. The average molecular weight is 357 g/mol. The number of amides is 1. The van der Waals surface area contributed by atoms with Gasteiger partial charge in [-0.1, -0.05) is 24.3 Å². The van der Waals surface area contributed by atoms with Gasteiger partial charge < -0.3 is 14.8 Å². The highest BCUT2D eigenvalue weighted by molar-refractivity contribution is 7.90. The molecule has 3 aromatic rings. The number of phenolic OH excluding ortho intramolecular Hbond substituents is 1. The van der Waals surface area contributed by atoms with E-state index in [1.165, 1.54) is 36.6 Å². The van der Waals surface area contributed by atoms with E-state index in [1.54, 1.807) is 30.3 Å². The third-order valence-electron chi connectivity index (χ3n) is 3.50. The highest BCUT2D eigenvalue weighted by atomic mass is 32.2. The molecular formula is C18H15NO5S. The molecule has 7 heteroatoms. The summed E-state index contributed by atoms with van der Waals surface area (Å²) in [7, 11) is -3.60. The lowest BCUT2D eigenvalue weighted by Crippen LogP contribution is -2.14. The molecule has 1 amide bonds. The Kier molecular flexibility index (Phi) is 4.58. The Balaban J connectivity index is 1.82. The first-order valence-corrected chi connectivity index (χ1v) is 9.05. The van der Waals surface area contributed by atoms with E-state index in [1.807, 2.05) is 0 Å². The summed E-state index contributed by atoms with van der Waals surface area (Å²) in [4.78, 5) is 12.5. The van der Waals surface area contributed by atoms with Crippen LogP contribution in [0.15, 0.2) is 76.2 Å². The van der Waals surface area contributed by atoms with Crippen molar-refractivity contribution in [3.63, 3.8) is 0 Å². The zero-order chi connectivity index (χ0) is 17.9. The summed E-state index contributed by atoms with van der Waals surface area (Å²) in [6.07, 6.45) is 1.27. The van der Waals surface area contributed by atoms with Crippen molar-refractivity contribution in [1.82, 2.24) is 0 Å². The van der Waals surface area contributed by atoms with E-state index in [0.717, 1.165) is 0 Å². The topological polar surface area (TPSA) is 96.6 Å². The predicted molar refractivity (Wildman–Crippen MR) is 92.1 cm³/mol. The molecule has 0 saturated heterocycles. The van der Waals surface area contributed by atoms with Crippen LogP contribution in [0.3, 0.4) is 0 Å².